The molecule has 2 aliphatic rings. The van der Waals surface area contributed by atoms with Gasteiger partial charge in [0, 0.05) is 29.9 Å². The first-order valence-corrected chi connectivity index (χ1v) is 9.76. The van der Waals surface area contributed by atoms with Gasteiger partial charge in [-0.25, -0.2) is 0 Å². The van der Waals surface area contributed by atoms with Crippen LogP contribution in [0.4, 0.5) is 5.69 Å². The third-order valence-electron chi connectivity index (χ3n) is 5.30. The Morgan fingerprint density at radius 3 is 2.62 bits per heavy atom. The van der Waals surface area contributed by atoms with Gasteiger partial charge in [-0.15, -0.1) is 0 Å². The van der Waals surface area contributed by atoms with E-state index in [1.807, 2.05) is 11.8 Å². The predicted octanol–water partition coefficient (Wildman–Crippen LogP) is 3.26. The van der Waals surface area contributed by atoms with Crippen molar-refractivity contribution in [3.8, 4) is 17.2 Å². The molecule has 1 N–H and O–H groups in total. The highest BCUT2D eigenvalue weighted by molar-refractivity contribution is 6.06. The lowest BCUT2D eigenvalue weighted by Gasteiger charge is -2.21. The number of fused-ring (bicyclic) bond motifs is 1. The van der Waals surface area contributed by atoms with Crippen molar-refractivity contribution >= 4 is 17.5 Å². The lowest BCUT2D eigenvalue weighted by Crippen LogP contribution is -2.28. The van der Waals surface area contributed by atoms with Crippen molar-refractivity contribution in [1.29, 1.82) is 0 Å². The standard InChI is InChI=1S/C22H24N2O5/c1-14-16(22(26)24-8-3-4-9-24)6-5-7-17(14)23-21(25)15-12-18(27-2)20-19(13-15)28-10-11-29-20/h5-7,12-13H,3-4,8-11H2,1-2H3,(H,23,25). The van der Waals surface area contributed by atoms with Gasteiger partial charge in [0.05, 0.1) is 7.11 Å². The monoisotopic (exact) mass is 396 g/mol. The van der Waals surface area contributed by atoms with E-state index in [0.29, 0.717) is 47.3 Å². The summed E-state index contributed by atoms with van der Waals surface area (Å²) in [4.78, 5) is 27.5. The molecule has 7 nitrogen and oxygen atoms in total. The Kier molecular flexibility index (Phi) is 5.29. The Labute approximate surface area is 169 Å². The molecule has 7 heteroatoms. The van der Waals surface area contributed by atoms with E-state index in [0.717, 1.165) is 31.5 Å². The van der Waals surface area contributed by atoms with Crippen LogP contribution in [0.15, 0.2) is 30.3 Å². The molecule has 2 aromatic rings. The van der Waals surface area contributed by atoms with E-state index < -0.39 is 0 Å². The Bertz CT molecular complexity index is 933. The second kappa shape index (κ2) is 8.03. The molecule has 0 aliphatic carbocycles. The van der Waals surface area contributed by atoms with Gasteiger partial charge in [-0.1, -0.05) is 6.07 Å². The number of methoxy groups -OCH3 is 1. The van der Waals surface area contributed by atoms with Crippen LogP contribution >= 0.6 is 0 Å². The quantitative estimate of drug-likeness (QED) is 0.858. The Morgan fingerprint density at radius 2 is 1.86 bits per heavy atom. The minimum atomic E-state index is -0.311. The molecule has 2 heterocycles. The molecule has 2 aromatic carbocycles. The van der Waals surface area contributed by atoms with Gasteiger partial charge in [-0.2, -0.15) is 0 Å². The summed E-state index contributed by atoms with van der Waals surface area (Å²) < 4.78 is 16.5. The van der Waals surface area contributed by atoms with Crippen LogP contribution in [0.1, 0.15) is 39.1 Å². The van der Waals surface area contributed by atoms with Crippen LogP contribution in [0, 0.1) is 6.92 Å². The van der Waals surface area contributed by atoms with Crippen molar-refractivity contribution in [1.82, 2.24) is 4.90 Å². The summed E-state index contributed by atoms with van der Waals surface area (Å²) in [5, 5.41) is 2.91. The first-order chi connectivity index (χ1) is 14.1. The summed E-state index contributed by atoms with van der Waals surface area (Å²) in [6, 6.07) is 8.65. The molecular weight excluding hydrogens is 372 g/mol. The number of ether oxygens (including phenoxy) is 3. The number of carbonyl (C=O) groups excluding carboxylic acids is 2. The van der Waals surface area contributed by atoms with Crippen LogP contribution in [0.3, 0.4) is 0 Å². The van der Waals surface area contributed by atoms with E-state index >= 15 is 0 Å². The highest BCUT2D eigenvalue weighted by atomic mass is 16.6. The van der Waals surface area contributed by atoms with Crippen LogP contribution in [0.2, 0.25) is 0 Å². The van der Waals surface area contributed by atoms with E-state index in [2.05, 4.69) is 5.32 Å². The fourth-order valence-corrected chi connectivity index (χ4v) is 3.69. The molecule has 0 aromatic heterocycles. The number of hydrogen-bond acceptors (Lipinski definition) is 5. The second-order valence-corrected chi connectivity index (χ2v) is 7.13. The zero-order valence-electron chi connectivity index (χ0n) is 16.6. The molecule has 0 radical (unpaired) electrons. The largest absolute Gasteiger partial charge is 0.493 e. The minimum Gasteiger partial charge on any atom is -0.493 e. The molecule has 1 fully saturated rings. The van der Waals surface area contributed by atoms with Crippen molar-refractivity contribution in [3.63, 3.8) is 0 Å². The average molecular weight is 396 g/mol. The van der Waals surface area contributed by atoms with Gasteiger partial charge in [0.2, 0.25) is 5.75 Å². The van der Waals surface area contributed by atoms with Gasteiger partial charge < -0.3 is 24.4 Å². The zero-order chi connectivity index (χ0) is 20.4. The first-order valence-electron chi connectivity index (χ1n) is 9.76. The first kappa shape index (κ1) is 19.1. The summed E-state index contributed by atoms with van der Waals surface area (Å²) in [6.07, 6.45) is 2.07. The van der Waals surface area contributed by atoms with Gasteiger partial charge in [0.15, 0.2) is 11.5 Å². The topological polar surface area (TPSA) is 77.1 Å². The summed E-state index contributed by atoms with van der Waals surface area (Å²) in [7, 11) is 1.52. The third kappa shape index (κ3) is 3.72. The van der Waals surface area contributed by atoms with Gasteiger partial charge >= 0.3 is 0 Å². The van der Waals surface area contributed by atoms with Crippen LogP contribution < -0.4 is 19.5 Å². The lowest BCUT2D eigenvalue weighted by molar-refractivity contribution is 0.0791. The summed E-state index contributed by atoms with van der Waals surface area (Å²) >= 11 is 0. The van der Waals surface area contributed by atoms with Gasteiger partial charge in [-0.3, -0.25) is 9.59 Å². The SMILES string of the molecule is COc1cc(C(=O)Nc2cccc(C(=O)N3CCCC3)c2C)cc2c1OCCO2. The maximum Gasteiger partial charge on any atom is 0.255 e. The predicted molar refractivity (Wildman–Crippen MR) is 108 cm³/mol. The van der Waals surface area contributed by atoms with Crippen LogP contribution in [0.5, 0.6) is 17.2 Å². The number of hydrogen-bond donors (Lipinski definition) is 1. The van der Waals surface area contributed by atoms with Crippen molar-refractivity contribution in [3.05, 3.63) is 47.0 Å². The second-order valence-electron chi connectivity index (χ2n) is 7.13. The fourth-order valence-electron chi connectivity index (χ4n) is 3.69. The van der Waals surface area contributed by atoms with Crippen LogP contribution in [0.25, 0.3) is 0 Å². The van der Waals surface area contributed by atoms with Crippen LogP contribution in [-0.4, -0.2) is 50.1 Å². The summed E-state index contributed by atoms with van der Waals surface area (Å²) in [6.45, 7) is 4.27. The Hall–Kier alpha value is -3.22. The molecule has 0 atom stereocenters. The summed E-state index contributed by atoms with van der Waals surface area (Å²) in [5.41, 5.74) is 2.36. The molecular formula is C22H24N2O5. The van der Waals surface area contributed by atoms with E-state index in [4.69, 9.17) is 14.2 Å². The minimum absolute atomic E-state index is 0.0112. The zero-order valence-corrected chi connectivity index (χ0v) is 16.6. The molecule has 0 saturated carbocycles. The number of rotatable bonds is 4. The van der Waals surface area contributed by atoms with E-state index in [9.17, 15) is 9.59 Å². The average Bonchev–Trinajstić information content (AvgIpc) is 3.29. The highest BCUT2D eigenvalue weighted by Crippen LogP contribution is 2.40. The van der Waals surface area contributed by atoms with Gasteiger partial charge in [0.25, 0.3) is 11.8 Å². The maximum absolute atomic E-state index is 12.9. The molecule has 1 saturated heterocycles. The summed E-state index contributed by atoms with van der Waals surface area (Å²) in [5.74, 6) is 1.13. The molecule has 0 unspecified atom stereocenters. The number of likely N-dealkylation sites (tertiary alicyclic amines) is 1. The number of carbonyl (C=O) groups is 2. The maximum atomic E-state index is 12.9. The molecule has 4 rings (SSSR count). The number of nitrogens with one attached hydrogen (secondary N) is 1. The fraction of sp³-hybridized carbons (Fsp3) is 0.364. The van der Waals surface area contributed by atoms with Crippen molar-refractivity contribution < 1.29 is 23.8 Å². The Balaban J connectivity index is 1.59. The molecule has 2 aliphatic heterocycles. The van der Waals surface area contributed by atoms with Gasteiger partial charge in [-0.05, 0) is 49.6 Å². The van der Waals surface area contributed by atoms with E-state index in [-0.39, 0.29) is 11.8 Å². The Morgan fingerprint density at radius 1 is 1.10 bits per heavy atom. The number of amides is 2. The van der Waals surface area contributed by atoms with Crippen molar-refractivity contribution in [2.75, 3.05) is 38.7 Å². The van der Waals surface area contributed by atoms with Crippen LogP contribution in [-0.2, 0) is 0 Å². The molecule has 29 heavy (non-hydrogen) atoms. The van der Waals surface area contributed by atoms with E-state index in [1.165, 1.54) is 7.11 Å². The smallest absolute Gasteiger partial charge is 0.255 e. The molecule has 152 valence electrons. The van der Waals surface area contributed by atoms with Crippen molar-refractivity contribution in [2.45, 2.75) is 19.8 Å². The number of benzene rings is 2. The van der Waals surface area contributed by atoms with E-state index in [1.54, 1.807) is 30.3 Å². The van der Waals surface area contributed by atoms with Gasteiger partial charge in [0.1, 0.15) is 13.2 Å². The normalized spacial score (nSPS) is 15.2. The third-order valence-corrected chi connectivity index (χ3v) is 5.30. The molecule has 2 amide bonds. The number of anilines is 1. The highest BCUT2D eigenvalue weighted by Gasteiger charge is 2.24. The number of nitrogens with zero attached hydrogens (tertiary/aromatic N) is 1. The molecule has 0 bridgehead atoms. The van der Waals surface area contributed by atoms with Crippen molar-refractivity contribution in [2.24, 2.45) is 0 Å². The lowest BCUT2D eigenvalue weighted by atomic mass is 10.0. The molecule has 0 spiro atoms.